The molecule has 0 saturated heterocycles. The fourth-order valence-corrected chi connectivity index (χ4v) is 2.46. The first-order valence-corrected chi connectivity index (χ1v) is 6.94. The van der Waals surface area contributed by atoms with E-state index in [1.807, 2.05) is 30.7 Å². The van der Waals surface area contributed by atoms with Gasteiger partial charge in [0.05, 0.1) is 23.0 Å². The molecule has 0 aliphatic heterocycles. The quantitative estimate of drug-likeness (QED) is 0.934. The van der Waals surface area contributed by atoms with E-state index in [1.54, 1.807) is 6.20 Å². The third-order valence-electron chi connectivity index (χ3n) is 2.97. The van der Waals surface area contributed by atoms with Crippen LogP contribution in [-0.4, -0.2) is 9.78 Å². The normalized spacial score (nSPS) is 12.7. The molecule has 2 rings (SSSR count). The first-order valence-electron chi connectivity index (χ1n) is 5.77. The van der Waals surface area contributed by atoms with Crippen LogP contribution in [0.4, 0.5) is 0 Å². The molecule has 2 N–H and O–H groups in total. The van der Waals surface area contributed by atoms with E-state index in [-0.39, 0.29) is 6.04 Å². The van der Waals surface area contributed by atoms with Crippen LogP contribution in [0.1, 0.15) is 29.8 Å². The first kappa shape index (κ1) is 13.6. The highest BCUT2D eigenvalue weighted by Crippen LogP contribution is 2.28. The number of aryl methyl sites for hydroxylation is 2. The third-order valence-corrected chi connectivity index (χ3v) is 4.15. The van der Waals surface area contributed by atoms with Crippen molar-refractivity contribution < 1.29 is 0 Å². The van der Waals surface area contributed by atoms with E-state index < -0.39 is 0 Å². The minimum absolute atomic E-state index is 0.258. The Morgan fingerprint density at radius 3 is 2.83 bits per heavy atom. The van der Waals surface area contributed by atoms with Crippen LogP contribution in [0.5, 0.6) is 0 Å². The summed E-state index contributed by atoms with van der Waals surface area (Å²) in [6.07, 6.45) is 1.64. The summed E-state index contributed by atoms with van der Waals surface area (Å²) in [7, 11) is 0. The molecule has 0 radical (unpaired) electrons. The number of halogens is 2. The molecule has 0 bridgehead atoms. The van der Waals surface area contributed by atoms with E-state index in [4.69, 9.17) is 17.3 Å². The molecule has 3 nitrogen and oxygen atoms in total. The van der Waals surface area contributed by atoms with Crippen molar-refractivity contribution in [2.24, 2.45) is 5.73 Å². The Kier molecular flexibility index (Phi) is 4.10. The molecule has 18 heavy (non-hydrogen) atoms. The Hall–Kier alpha value is -0.840. The second kappa shape index (κ2) is 5.43. The highest BCUT2D eigenvalue weighted by molar-refractivity contribution is 9.10. The molecule has 0 fully saturated rings. The summed E-state index contributed by atoms with van der Waals surface area (Å²) in [6, 6.07) is 5.82. The van der Waals surface area contributed by atoms with Gasteiger partial charge in [0.1, 0.15) is 0 Å². The van der Waals surface area contributed by atoms with E-state index in [0.29, 0.717) is 5.02 Å². The highest BCUT2D eigenvalue weighted by atomic mass is 79.9. The van der Waals surface area contributed by atoms with Gasteiger partial charge in [-0.25, -0.2) is 0 Å². The Balaban J connectivity index is 2.44. The monoisotopic (exact) mass is 327 g/mol. The van der Waals surface area contributed by atoms with E-state index >= 15 is 0 Å². The molecule has 0 aliphatic carbocycles. The number of nitrogens with zero attached hydrogens (tertiary/aromatic N) is 2. The predicted molar refractivity (Wildman–Crippen MR) is 77.8 cm³/mol. The standard InChI is InChI=1S/C13H15BrClN3/c1-3-18-13(11(15)7-17-18)12(16)9-4-5-10(14)8(2)6-9/h4-7,12H,3,16H2,1-2H3. The van der Waals surface area contributed by atoms with Crippen molar-refractivity contribution in [3.63, 3.8) is 0 Å². The van der Waals surface area contributed by atoms with Gasteiger partial charge in [-0.1, -0.05) is 39.7 Å². The molecular formula is C13H15BrClN3. The second-order valence-electron chi connectivity index (χ2n) is 4.18. The van der Waals surface area contributed by atoms with Crippen LogP contribution in [0, 0.1) is 6.92 Å². The molecule has 0 amide bonds. The molecule has 1 unspecified atom stereocenters. The van der Waals surface area contributed by atoms with Crippen molar-refractivity contribution in [1.82, 2.24) is 9.78 Å². The van der Waals surface area contributed by atoms with Crippen molar-refractivity contribution in [1.29, 1.82) is 0 Å². The van der Waals surface area contributed by atoms with Gasteiger partial charge >= 0.3 is 0 Å². The van der Waals surface area contributed by atoms with Crippen LogP contribution in [-0.2, 0) is 6.54 Å². The lowest BCUT2D eigenvalue weighted by molar-refractivity contribution is 0.601. The molecule has 1 aromatic carbocycles. The van der Waals surface area contributed by atoms with Gasteiger partial charge in [0.15, 0.2) is 0 Å². The van der Waals surface area contributed by atoms with Crippen LogP contribution < -0.4 is 5.73 Å². The zero-order valence-electron chi connectivity index (χ0n) is 10.3. The van der Waals surface area contributed by atoms with Crippen molar-refractivity contribution in [3.05, 3.63) is 50.7 Å². The smallest absolute Gasteiger partial charge is 0.0837 e. The minimum atomic E-state index is -0.258. The summed E-state index contributed by atoms with van der Waals surface area (Å²) in [5.41, 5.74) is 9.35. The van der Waals surface area contributed by atoms with Crippen LogP contribution in [0.3, 0.4) is 0 Å². The maximum atomic E-state index is 6.30. The second-order valence-corrected chi connectivity index (χ2v) is 5.44. The number of benzene rings is 1. The zero-order chi connectivity index (χ0) is 13.3. The van der Waals surface area contributed by atoms with Gasteiger partial charge in [-0.15, -0.1) is 0 Å². The van der Waals surface area contributed by atoms with Gasteiger partial charge in [-0.2, -0.15) is 5.10 Å². The highest BCUT2D eigenvalue weighted by Gasteiger charge is 2.18. The van der Waals surface area contributed by atoms with Gasteiger partial charge in [-0.05, 0) is 31.0 Å². The average Bonchev–Trinajstić information content (AvgIpc) is 2.73. The Morgan fingerprint density at radius 1 is 1.50 bits per heavy atom. The Bertz CT molecular complexity index is 565. The van der Waals surface area contributed by atoms with Crippen molar-refractivity contribution in [2.75, 3.05) is 0 Å². The summed E-state index contributed by atoms with van der Waals surface area (Å²) in [5, 5.41) is 4.83. The lowest BCUT2D eigenvalue weighted by Gasteiger charge is -2.15. The average molecular weight is 329 g/mol. The molecule has 2 aromatic rings. The topological polar surface area (TPSA) is 43.8 Å². The number of rotatable bonds is 3. The van der Waals surface area contributed by atoms with E-state index in [0.717, 1.165) is 27.8 Å². The third kappa shape index (κ3) is 2.46. The molecule has 1 heterocycles. The fourth-order valence-electron chi connectivity index (χ4n) is 1.95. The lowest BCUT2D eigenvalue weighted by atomic mass is 10.0. The summed E-state index contributed by atoms with van der Waals surface area (Å²) >= 11 is 9.65. The van der Waals surface area contributed by atoms with E-state index in [9.17, 15) is 0 Å². The van der Waals surface area contributed by atoms with Gasteiger partial charge in [-0.3, -0.25) is 4.68 Å². The van der Waals surface area contributed by atoms with Crippen molar-refractivity contribution in [3.8, 4) is 0 Å². The van der Waals surface area contributed by atoms with Crippen LogP contribution in [0.2, 0.25) is 5.02 Å². The summed E-state index contributed by atoms with van der Waals surface area (Å²) < 4.78 is 2.92. The number of hydrogen-bond donors (Lipinski definition) is 1. The number of nitrogens with two attached hydrogens (primary N) is 1. The predicted octanol–water partition coefficient (Wildman–Crippen LogP) is 3.68. The minimum Gasteiger partial charge on any atom is -0.319 e. The number of hydrogen-bond acceptors (Lipinski definition) is 2. The largest absolute Gasteiger partial charge is 0.319 e. The maximum Gasteiger partial charge on any atom is 0.0837 e. The summed E-state index contributed by atoms with van der Waals surface area (Å²) in [5.74, 6) is 0. The SMILES string of the molecule is CCn1ncc(Cl)c1C(N)c1ccc(Br)c(C)c1. The summed E-state index contributed by atoms with van der Waals surface area (Å²) in [4.78, 5) is 0. The molecule has 1 atom stereocenters. The zero-order valence-corrected chi connectivity index (χ0v) is 12.7. The Labute approximate surface area is 120 Å². The van der Waals surface area contributed by atoms with Gasteiger partial charge < -0.3 is 5.73 Å². The molecule has 0 saturated carbocycles. The fraction of sp³-hybridized carbons (Fsp3) is 0.308. The number of aromatic nitrogens is 2. The molecule has 0 aliphatic rings. The lowest BCUT2D eigenvalue weighted by Crippen LogP contribution is -2.17. The van der Waals surface area contributed by atoms with E-state index in [1.165, 1.54) is 0 Å². The van der Waals surface area contributed by atoms with Crippen LogP contribution >= 0.6 is 27.5 Å². The van der Waals surface area contributed by atoms with Crippen LogP contribution in [0.15, 0.2) is 28.9 Å². The van der Waals surface area contributed by atoms with Crippen LogP contribution in [0.25, 0.3) is 0 Å². The van der Waals surface area contributed by atoms with Gasteiger partial charge in [0.2, 0.25) is 0 Å². The first-order chi connectivity index (χ1) is 8.54. The van der Waals surface area contributed by atoms with Gasteiger partial charge in [0, 0.05) is 11.0 Å². The molecule has 5 heteroatoms. The molecule has 96 valence electrons. The van der Waals surface area contributed by atoms with Crippen molar-refractivity contribution in [2.45, 2.75) is 26.4 Å². The van der Waals surface area contributed by atoms with Crippen molar-refractivity contribution >= 4 is 27.5 Å². The Morgan fingerprint density at radius 2 is 2.22 bits per heavy atom. The molecule has 1 aromatic heterocycles. The van der Waals surface area contributed by atoms with Gasteiger partial charge in [0.25, 0.3) is 0 Å². The summed E-state index contributed by atoms with van der Waals surface area (Å²) in [6.45, 7) is 4.82. The maximum absolute atomic E-state index is 6.30. The molecule has 0 spiro atoms. The molecular weight excluding hydrogens is 314 g/mol. The van der Waals surface area contributed by atoms with E-state index in [2.05, 4.69) is 27.1 Å².